The van der Waals surface area contributed by atoms with Gasteiger partial charge in [0.25, 0.3) is 0 Å². The summed E-state index contributed by atoms with van der Waals surface area (Å²) in [6.45, 7) is 11.1. The molecule has 132 valence electrons. The van der Waals surface area contributed by atoms with Crippen molar-refractivity contribution in [3.63, 3.8) is 0 Å². The number of rotatable bonds is 0. The summed E-state index contributed by atoms with van der Waals surface area (Å²) < 4.78 is 2.26. The van der Waals surface area contributed by atoms with Crippen molar-refractivity contribution in [3.05, 3.63) is 84.6 Å². The van der Waals surface area contributed by atoms with Crippen LogP contribution in [-0.4, -0.2) is 0 Å². The lowest BCUT2D eigenvalue weighted by Gasteiger charge is -2.22. The van der Waals surface area contributed by atoms with Crippen LogP contribution >= 0.6 is 0 Å². The molecular weight excluding hydrogens is 326 g/mol. The van der Waals surface area contributed by atoms with Crippen LogP contribution in [0.1, 0.15) is 31.9 Å². The van der Waals surface area contributed by atoms with E-state index in [9.17, 15) is 0 Å². The van der Waals surface area contributed by atoms with E-state index < -0.39 is 0 Å². The van der Waals surface area contributed by atoms with Crippen LogP contribution in [0.4, 0.5) is 0 Å². The SMILES string of the molecule is C=C1Cc2cc3ccc4ccccc4c3cc2-c2cc(C(C)(C)C)cc[n+]21. The van der Waals surface area contributed by atoms with Crippen LogP contribution in [0.3, 0.4) is 0 Å². The summed E-state index contributed by atoms with van der Waals surface area (Å²) in [6, 6.07) is 22.4. The van der Waals surface area contributed by atoms with E-state index in [2.05, 4.69) is 98.8 Å². The molecule has 0 spiro atoms. The normalized spacial score (nSPS) is 13.7. The van der Waals surface area contributed by atoms with Gasteiger partial charge < -0.3 is 0 Å². The highest BCUT2D eigenvalue weighted by Gasteiger charge is 2.29. The van der Waals surface area contributed by atoms with Crippen LogP contribution in [0.2, 0.25) is 0 Å². The number of benzene rings is 3. The molecule has 2 heterocycles. The number of hydrogen-bond donors (Lipinski definition) is 0. The van der Waals surface area contributed by atoms with Gasteiger partial charge in [-0.1, -0.05) is 57.2 Å². The van der Waals surface area contributed by atoms with Gasteiger partial charge in [-0.3, -0.25) is 0 Å². The van der Waals surface area contributed by atoms with Crippen molar-refractivity contribution in [2.24, 2.45) is 0 Å². The highest BCUT2D eigenvalue weighted by atomic mass is 15.0. The van der Waals surface area contributed by atoms with Gasteiger partial charge >= 0.3 is 0 Å². The van der Waals surface area contributed by atoms with Crippen LogP contribution in [0.25, 0.3) is 38.5 Å². The van der Waals surface area contributed by atoms with Gasteiger partial charge in [0.2, 0.25) is 5.69 Å². The first-order chi connectivity index (χ1) is 12.9. The summed E-state index contributed by atoms with van der Waals surface area (Å²) in [5.41, 5.74) is 6.57. The Balaban J connectivity index is 1.85. The first-order valence-corrected chi connectivity index (χ1v) is 9.61. The fraction of sp³-hybridized carbons (Fsp3) is 0.192. The number of aromatic nitrogens is 1. The Morgan fingerprint density at radius 2 is 1.63 bits per heavy atom. The third-order valence-corrected chi connectivity index (χ3v) is 5.80. The maximum absolute atomic E-state index is 4.34. The van der Waals surface area contributed by atoms with Crippen molar-refractivity contribution in [2.75, 3.05) is 0 Å². The summed E-state index contributed by atoms with van der Waals surface area (Å²) in [6.07, 6.45) is 3.08. The Morgan fingerprint density at radius 1 is 0.852 bits per heavy atom. The molecule has 0 bridgehead atoms. The van der Waals surface area contributed by atoms with Gasteiger partial charge in [-0.15, -0.1) is 0 Å². The summed E-state index contributed by atoms with van der Waals surface area (Å²) >= 11 is 0. The van der Waals surface area contributed by atoms with E-state index in [1.54, 1.807) is 0 Å². The van der Waals surface area contributed by atoms with Gasteiger partial charge in [0, 0.05) is 12.1 Å². The molecule has 0 aliphatic carbocycles. The molecule has 0 saturated heterocycles. The molecule has 1 aliphatic rings. The zero-order valence-electron chi connectivity index (χ0n) is 16.2. The van der Waals surface area contributed by atoms with E-state index >= 15 is 0 Å². The van der Waals surface area contributed by atoms with E-state index in [1.165, 1.54) is 43.9 Å². The first kappa shape index (κ1) is 16.3. The molecular formula is C26H24N+. The Labute approximate surface area is 160 Å². The van der Waals surface area contributed by atoms with Gasteiger partial charge in [0.15, 0.2) is 11.9 Å². The molecule has 1 nitrogen and oxygen atoms in total. The van der Waals surface area contributed by atoms with Crippen molar-refractivity contribution in [1.82, 2.24) is 0 Å². The number of pyridine rings is 1. The third-order valence-electron chi connectivity index (χ3n) is 5.80. The highest BCUT2D eigenvalue weighted by Crippen LogP contribution is 2.36. The first-order valence-electron chi connectivity index (χ1n) is 9.61. The standard InChI is InChI=1S/C26H24N/c1-17-13-20-14-19-10-9-18-7-5-6-8-22(18)23(19)16-24(20)25-15-21(26(2,3)4)11-12-27(17)25/h5-12,14-16H,1,13H2,2-4H3/q+1. The van der Waals surface area contributed by atoms with Gasteiger partial charge in [0.05, 0.1) is 12.0 Å². The fourth-order valence-electron chi connectivity index (χ4n) is 4.24. The number of hydrogen-bond acceptors (Lipinski definition) is 0. The second kappa shape index (κ2) is 5.53. The molecule has 3 aromatic carbocycles. The topological polar surface area (TPSA) is 3.88 Å². The molecule has 0 N–H and O–H groups in total. The summed E-state index contributed by atoms with van der Waals surface area (Å²) in [5.74, 6) is 0. The molecule has 0 radical (unpaired) electrons. The molecule has 1 heteroatoms. The van der Waals surface area contributed by atoms with E-state index in [1.807, 2.05) is 0 Å². The number of fused-ring (bicyclic) bond motifs is 6. The lowest BCUT2D eigenvalue weighted by Crippen LogP contribution is -2.38. The van der Waals surface area contributed by atoms with Crippen LogP contribution in [0.5, 0.6) is 0 Å². The van der Waals surface area contributed by atoms with Crippen LogP contribution < -0.4 is 4.57 Å². The Hall–Kier alpha value is -2.93. The van der Waals surface area contributed by atoms with Crippen molar-refractivity contribution < 1.29 is 4.57 Å². The third kappa shape index (κ3) is 2.49. The predicted molar refractivity (Wildman–Crippen MR) is 115 cm³/mol. The zero-order chi connectivity index (χ0) is 18.8. The lowest BCUT2D eigenvalue weighted by molar-refractivity contribution is -0.572. The van der Waals surface area contributed by atoms with Crippen molar-refractivity contribution in [1.29, 1.82) is 0 Å². The van der Waals surface area contributed by atoms with Crippen molar-refractivity contribution in [3.8, 4) is 11.3 Å². The Kier molecular flexibility index (Phi) is 3.33. The van der Waals surface area contributed by atoms with Crippen LogP contribution in [0, 0.1) is 0 Å². The maximum atomic E-state index is 4.34. The molecule has 27 heavy (non-hydrogen) atoms. The minimum absolute atomic E-state index is 0.123. The summed E-state index contributed by atoms with van der Waals surface area (Å²) in [4.78, 5) is 0. The highest BCUT2D eigenvalue weighted by molar-refractivity contribution is 6.09. The average molecular weight is 350 g/mol. The molecule has 0 saturated carbocycles. The van der Waals surface area contributed by atoms with Gasteiger partial charge in [-0.25, -0.2) is 0 Å². The summed E-state index contributed by atoms with van der Waals surface area (Å²) in [7, 11) is 0. The van der Waals surface area contributed by atoms with E-state index in [-0.39, 0.29) is 5.41 Å². The second-order valence-electron chi connectivity index (χ2n) is 8.68. The van der Waals surface area contributed by atoms with Gasteiger partial charge in [-0.2, -0.15) is 4.57 Å². The monoisotopic (exact) mass is 350 g/mol. The van der Waals surface area contributed by atoms with Gasteiger partial charge in [0.1, 0.15) is 0 Å². The predicted octanol–water partition coefficient (Wildman–Crippen LogP) is 6.27. The van der Waals surface area contributed by atoms with E-state index in [0.717, 1.165) is 12.1 Å². The molecule has 4 aromatic rings. The number of allylic oxidation sites excluding steroid dienone is 1. The average Bonchev–Trinajstić information content (AvgIpc) is 2.66. The van der Waals surface area contributed by atoms with Crippen molar-refractivity contribution in [2.45, 2.75) is 32.6 Å². The summed E-state index contributed by atoms with van der Waals surface area (Å²) in [5, 5.41) is 5.25. The van der Waals surface area contributed by atoms with E-state index in [4.69, 9.17) is 0 Å². The molecule has 0 fully saturated rings. The second-order valence-corrected chi connectivity index (χ2v) is 8.68. The largest absolute Gasteiger partial charge is 0.218 e. The molecule has 0 unspecified atom stereocenters. The lowest BCUT2D eigenvalue weighted by atomic mass is 9.84. The van der Waals surface area contributed by atoms with Crippen LogP contribution in [-0.2, 0) is 11.8 Å². The fourth-order valence-corrected chi connectivity index (χ4v) is 4.24. The van der Waals surface area contributed by atoms with E-state index in [0.29, 0.717) is 0 Å². The maximum Gasteiger partial charge on any atom is 0.218 e. The van der Waals surface area contributed by atoms with Gasteiger partial charge in [-0.05, 0) is 56.8 Å². The number of nitrogens with zero attached hydrogens (tertiary/aromatic N) is 1. The molecule has 1 aliphatic heterocycles. The van der Waals surface area contributed by atoms with Crippen molar-refractivity contribution >= 4 is 27.2 Å². The molecule has 0 atom stereocenters. The molecule has 0 amide bonds. The minimum atomic E-state index is 0.123. The smallest absolute Gasteiger partial charge is 0.164 e. The molecule has 1 aromatic heterocycles. The zero-order valence-corrected chi connectivity index (χ0v) is 16.2. The Bertz CT molecular complexity index is 1240. The Morgan fingerprint density at radius 3 is 2.44 bits per heavy atom. The minimum Gasteiger partial charge on any atom is -0.164 e. The molecule has 5 rings (SSSR count). The van der Waals surface area contributed by atoms with Crippen LogP contribution in [0.15, 0.2) is 73.4 Å². The quantitative estimate of drug-likeness (QED) is 0.260.